The summed E-state index contributed by atoms with van der Waals surface area (Å²) in [5, 5.41) is 2.81. The number of nitrogens with one attached hydrogen (secondary N) is 1. The number of benzene rings is 1. The van der Waals surface area contributed by atoms with Crippen LogP contribution in [0, 0.1) is 0 Å². The summed E-state index contributed by atoms with van der Waals surface area (Å²) in [6.45, 7) is 1.45. The van der Waals surface area contributed by atoms with Crippen molar-refractivity contribution in [3.05, 3.63) is 54.4 Å². The lowest BCUT2D eigenvalue weighted by Gasteiger charge is -2.20. The van der Waals surface area contributed by atoms with E-state index in [-0.39, 0.29) is 18.5 Å². The fraction of sp³-hybridized carbons (Fsp3) is 0.278. The molecule has 1 N–H and O–H groups in total. The monoisotopic (exact) mass is 340 g/mol. The highest BCUT2D eigenvalue weighted by Gasteiger charge is 2.32. The number of anilines is 1. The molecule has 1 fully saturated rings. The van der Waals surface area contributed by atoms with Gasteiger partial charge in [-0.05, 0) is 23.8 Å². The molecule has 3 amide bonds. The SMILES string of the molecule is COc1ccccc1N1CCN(CC(=O)NCc2cccnc2)C1=O. The maximum Gasteiger partial charge on any atom is 0.325 e. The van der Waals surface area contributed by atoms with Crippen LogP contribution >= 0.6 is 0 Å². The van der Waals surface area contributed by atoms with Crippen molar-refractivity contribution in [2.45, 2.75) is 6.54 Å². The smallest absolute Gasteiger partial charge is 0.325 e. The van der Waals surface area contributed by atoms with Gasteiger partial charge >= 0.3 is 6.03 Å². The van der Waals surface area contributed by atoms with Crippen molar-refractivity contribution in [2.75, 3.05) is 31.6 Å². The van der Waals surface area contributed by atoms with E-state index in [4.69, 9.17) is 4.74 Å². The third-order valence-corrected chi connectivity index (χ3v) is 4.02. The minimum Gasteiger partial charge on any atom is -0.495 e. The third kappa shape index (κ3) is 3.88. The van der Waals surface area contributed by atoms with Crippen LogP contribution in [-0.2, 0) is 11.3 Å². The Labute approximate surface area is 146 Å². The topological polar surface area (TPSA) is 74.8 Å². The van der Waals surface area contributed by atoms with Crippen LogP contribution in [0.5, 0.6) is 5.75 Å². The Morgan fingerprint density at radius 3 is 2.84 bits per heavy atom. The molecule has 130 valence electrons. The van der Waals surface area contributed by atoms with Gasteiger partial charge in [-0.2, -0.15) is 0 Å². The Morgan fingerprint density at radius 1 is 1.24 bits per heavy atom. The molecule has 1 aliphatic rings. The summed E-state index contributed by atoms with van der Waals surface area (Å²) < 4.78 is 5.31. The number of methoxy groups -OCH3 is 1. The molecule has 0 atom stereocenters. The van der Waals surface area contributed by atoms with Crippen LogP contribution in [0.15, 0.2) is 48.8 Å². The average molecular weight is 340 g/mol. The molecule has 7 nitrogen and oxygen atoms in total. The Morgan fingerprint density at radius 2 is 2.08 bits per heavy atom. The largest absolute Gasteiger partial charge is 0.495 e. The number of aromatic nitrogens is 1. The highest BCUT2D eigenvalue weighted by atomic mass is 16.5. The fourth-order valence-corrected chi connectivity index (χ4v) is 2.74. The van der Waals surface area contributed by atoms with E-state index in [0.29, 0.717) is 31.1 Å². The minimum absolute atomic E-state index is 0.0325. The molecule has 1 aliphatic heterocycles. The van der Waals surface area contributed by atoms with E-state index in [1.165, 1.54) is 4.90 Å². The van der Waals surface area contributed by atoms with Gasteiger partial charge < -0.3 is 15.0 Å². The van der Waals surface area contributed by atoms with E-state index in [9.17, 15) is 9.59 Å². The van der Waals surface area contributed by atoms with Gasteiger partial charge in [0.2, 0.25) is 5.91 Å². The van der Waals surface area contributed by atoms with Gasteiger partial charge in [-0.1, -0.05) is 18.2 Å². The first-order valence-electron chi connectivity index (χ1n) is 8.04. The fourth-order valence-electron chi connectivity index (χ4n) is 2.74. The van der Waals surface area contributed by atoms with E-state index in [0.717, 1.165) is 5.56 Å². The molecule has 1 aromatic carbocycles. The summed E-state index contributed by atoms with van der Waals surface area (Å²) in [7, 11) is 1.57. The molecule has 0 saturated carbocycles. The molecule has 0 spiro atoms. The highest BCUT2D eigenvalue weighted by Crippen LogP contribution is 2.30. The van der Waals surface area contributed by atoms with Crippen molar-refractivity contribution in [1.29, 1.82) is 0 Å². The van der Waals surface area contributed by atoms with Gasteiger partial charge in [0, 0.05) is 32.0 Å². The molecule has 2 aromatic rings. The number of amides is 3. The number of carbonyl (C=O) groups is 2. The van der Waals surface area contributed by atoms with Crippen molar-refractivity contribution >= 4 is 17.6 Å². The van der Waals surface area contributed by atoms with E-state index in [1.807, 2.05) is 36.4 Å². The van der Waals surface area contributed by atoms with Crippen LogP contribution in [0.3, 0.4) is 0 Å². The number of ether oxygens (including phenoxy) is 1. The van der Waals surface area contributed by atoms with Gasteiger partial charge in [-0.3, -0.25) is 14.7 Å². The molecule has 25 heavy (non-hydrogen) atoms. The van der Waals surface area contributed by atoms with Gasteiger partial charge in [0.05, 0.1) is 12.8 Å². The Hall–Kier alpha value is -3.09. The van der Waals surface area contributed by atoms with Crippen molar-refractivity contribution in [2.24, 2.45) is 0 Å². The summed E-state index contributed by atoms with van der Waals surface area (Å²) in [4.78, 5) is 31.9. The maximum atomic E-state index is 12.6. The summed E-state index contributed by atoms with van der Waals surface area (Å²) >= 11 is 0. The zero-order valence-corrected chi connectivity index (χ0v) is 14.0. The van der Waals surface area contributed by atoms with Crippen molar-refractivity contribution in [1.82, 2.24) is 15.2 Å². The average Bonchev–Trinajstić information content (AvgIpc) is 3.01. The first-order valence-corrected chi connectivity index (χ1v) is 8.04. The van der Waals surface area contributed by atoms with Crippen molar-refractivity contribution in [3.63, 3.8) is 0 Å². The second-order valence-corrected chi connectivity index (χ2v) is 5.67. The third-order valence-electron chi connectivity index (χ3n) is 4.02. The number of hydrogen-bond acceptors (Lipinski definition) is 4. The van der Waals surface area contributed by atoms with Crippen LogP contribution in [0.4, 0.5) is 10.5 Å². The molecule has 1 saturated heterocycles. The number of rotatable bonds is 6. The zero-order valence-electron chi connectivity index (χ0n) is 14.0. The molecule has 7 heteroatoms. The van der Waals surface area contributed by atoms with Crippen molar-refractivity contribution < 1.29 is 14.3 Å². The van der Waals surface area contributed by atoms with E-state index >= 15 is 0 Å². The van der Waals surface area contributed by atoms with Gasteiger partial charge in [-0.15, -0.1) is 0 Å². The number of carbonyl (C=O) groups excluding carboxylic acids is 2. The second kappa shape index (κ2) is 7.65. The number of nitrogens with zero attached hydrogens (tertiary/aromatic N) is 3. The quantitative estimate of drug-likeness (QED) is 0.868. The normalized spacial score (nSPS) is 13.9. The lowest BCUT2D eigenvalue weighted by Crippen LogP contribution is -2.39. The summed E-state index contributed by atoms with van der Waals surface area (Å²) in [6.07, 6.45) is 3.38. The molecular formula is C18H20N4O3. The molecule has 0 unspecified atom stereocenters. The standard InChI is InChI=1S/C18H20N4O3/c1-25-16-7-3-2-6-15(16)22-10-9-21(18(22)24)13-17(23)20-12-14-5-4-8-19-11-14/h2-8,11H,9-10,12-13H2,1H3,(H,20,23). The molecule has 0 bridgehead atoms. The van der Waals surface area contributed by atoms with E-state index in [1.54, 1.807) is 24.4 Å². The number of urea groups is 1. The second-order valence-electron chi connectivity index (χ2n) is 5.67. The Kier molecular flexibility index (Phi) is 5.13. The van der Waals surface area contributed by atoms with Gasteiger partial charge in [0.15, 0.2) is 0 Å². The first kappa shape index (κ1) is 16.8. The van der Waals surface area contributed by atoms with Gasteiger partial charge in [-0.25, -0.2) is 4.79 Å². The molecule has 3 rings (SSSR count). The Balaban J connectivity index is 1.57. The number of pyridine rings is 1. The minimum atomic E-state index is -0.195. The zero-order chi connectivity index (χ0) is 17.6. The van der Waals surface area contributed by atoms with Gasteiger partial charge in [0.1, 0.15) is 12.3 Å². The van der Waals surface area contributed by atoms with E-state index < -0.39 is 0 Å². The molecule has 2 heterocycles. The molecule has 0 aliphatic carbocycles. The first-order chi connectivity index (χ1) is 12.2. The lowest BCUT2D eigenvalue weighted by molar-refractivity contribution is -0.121. The summed E-state index contributed by atoms with van der Waals surface area (Å²) in [5.74, 6) is 0.442. The summed E-state index contributed by atoms with van der Waals surface area (Å²) in [6, 6.07) is 10.9. The van der Waals surface area contributed by atoms with Crippen LogP contribution in [0.25, 0.3) is 0 Å². The van der Waals surface area contributed by atoms with Crippen LogP contribution in [0.2, 0.25) is 0 Å². The Bertz CT molecular complexity index is 751. The predicted octanol–water partition coefficient (Wildman–Crippen LogP) is 1.65. The predicted molar refractivity (Wildman–Crippen MR) is 93.4 cm³/mol. The van der Waals surface area contributed by atoms with Gasteiger partial charge in [0.25, 0.3) is 0 Å². The molecule has 0 radical (unpaired) electrons. The number of hydrogen-bond donors (Lipinski definition) is 1. The molecule has 1 aromatic heterocycles. The van der Waals surface area contributed by atoms with Crippen LogP contribution < -0.4 is 15.0 Å². The highest BCUT2D eigenvalue weighted by molar-refractivity contribution is 5.97. The van der Waals surface area contributed by atoms with Crippen LogP contribution in [-0.4, -0.2) is 48.6 Å². The van der Waals surface area contributed by atoms with Crippen LogP contribution in [0.1, 0.15) is 5.56 Å². The molecular weight excluding hydrogens is 320 g/mol. The van der Waals surface area contributed by atoms with E-state index in [2.05, 4.69) is 10.3 Å². The number of para-hydroxylation sites is 2. The summed E-state index contributed by atoms with van der Waals surface area (Å²) in [5.41, 5.74) is 1.63. The van der Waals surface area contributed by atoms with Crippen molar-refractivity contribution in [3.8, 4) is 5.75 Å². The lowest BCUT2D eigenvalue weighted by atomic mass is 10.2. The maximum absolute atomic E-state index is 12.6.